The van der Waals surface area contributed by atoms with Gasteiger partial charge in [-0.3, -0.25) is 4.57 Å². The Hall–Kier alpha value is -2.03. The Morgan fingerprint density at radius 2 is 2.16 bits per heavy atom. The van der Waals surface area contributed by atoms with Crippen LogP contribution >= 0.6 is 12.2 Å². The number of nitrogens with one attached hydrogen (secondary N) is 1. The quantitative estimate of drug-likeness (QED) is 0.574. The number of rotatable bonds is 5. The first kappa shape index (κ1) is 17.8. The van der Waals surface area contributed by atoms with Crippen molar-refractivity contribution in [2.75, 3.05) is 13.7 Å². The van der Waals surface area contributed by atoms with E-state index in [0.717, 1.165) is 16.3 Å². The third kappa shape index (κ3) is 3.81. The van der Waals surface area contributed by atoms with Crippen molar-refractivity contribution in [3.8, 4) is 0 Å². The highest BCUT2D eigenvalue weighted by Gasteiger charge is 2.41. The van der Waals surface area contributed by atoms with Gasteiger partial charge in [0.2, 0.25) is 4.77 Å². The van der Waals surface area contributed by atoms with Gasteiger partial charge in [-0.2, -0.15) is 9.78 Å². The van der Waals surface area contributed by atoms with Gasteiger partial charge in [0.25, 0.3) is 0 Å². The Morgan fingerprint density at radius 1 is 1.44 bits per heavy atom. The van der Waals surface area contributed by atoms with Crippen LogP contribution in [-0.2, 0) is 22.7 Å². The molecule has 2 N–H and O–H groups in total. The average molecular weight is 363 g/mol. The van der Waals surface area contributed by atoms with Crippen molar-refractivity contribution < 1.29 is 19.5 Å². The van der Waals surface area contributed by atoms with Gasteiger partial charge >= 0.3 is 5.97 Å². The van der Waals surface area contributed by atoms with Gasteiger partial charge in [-0.25, -0.2) is 4.79 Å². The fourth-order valence-corrected chi connectivity index (χ4v) is 3.64. The molecule has 0 saturated carbocycles. The number of hydrogen-bond donors (Lipinski definition) is 2. The maximum atomic E-state index is 11.9. The van der Waals surface area contributed by atoms with E-state index in [1.165, 1.54) is 7.11 Å². The van der Waals surface area contributed by atoms with Crippen LogP contribution in [0.3, 0.4) is 0 Å². The Balaban J connectivity index is 1.81. The van der Waals surface area contributed by atoms with Gasteiger partial charge in [-0.1, -0.05) is 30.3 Å². The van der Waals surface area contributed by atoms with Crippen LogP contribution in [0.4, 0.5) is 0 Å². The summed E-state index contributed by atoms with van der Waals surface area (Å²) in [6.07, 6.45) is -0.111. The molecule has 1 aliphatic heterocycles. The van der Waals surface area contributed by atoms with Crippen LogP contribution in [-0.4, -0.2) is 51.2 Å². The third-order valence-corrected chi connectivity index (χ3v) is 5.06. The topological polar surface area (TPSA) is 73.7 Å². The second-order valence-corrected chi connectivity index (χ2v) is 6.75. The third-order valence-electron chi connectivity index (χ3n) is 4.63. The largest absolute Gasteiger partial charge is 0.465 e. The van der Waals surface area contributed by atoms with E-state index in [2.05, 4.69) is 5.10 Å². The van der Waals surface area contributed by atoms with Crippen LogP contribution in [0.15, 0.2) is 30.3 Å². The lowest BCUT2D eigenvalue weighted by Gasteiger charge is -2.18. The van der Waals surface area contributed by atoms with E-state index in [9.17, 15) is 9.90 Å². The van der Waals surface area contributed by atoms with Gasteiger partial charge in [0.1, 0.15) is 18.5 Å². The smallest absolute Gasteiger partial charge is 0.364 e. The van der Waals surface area contributed by atoms with Crippen LogP contribution in [0.2, 0.25) is 0 Å². The first-order valence-electron chi connectivity index (χ1n) is 8.28. The van der Waals surface area contributed by atoms with Crippen molar-refractivity contribution in [2.45, 2.75) is 38.7 Å². The number of nitrogens with zero attached hydrogens (tertiary/aromatic N) is 3. The summed E-state index contributed by atoms with van der Waals surface area (Å²) in [6.45, 7) is 3.48. The molecule has 8 heteroatoms. The number of aliphatic hydroxyl groups is 1. The summed E-state index contributed by atoms with van der Waals surface area (Å²) >= 11 is 5.58. The van der Waals surface area contributed by atoms with Gasteiger partial charge < -0.3 is 14.7 Å². The van der Waals surface area contributed by atoms with Gasteiger partial charge in [-0.15, -0.1) is 0 Å². The molecular weight excluding hydrogens is 340 g/mol. The lowest BCUT2D eigenvalue weighted by molar-refractivity contribution is -0.928. The maximum Gasteiger partial charge on any atom is 0.364 e. The molecule has 1 fully saturated rings. The van der Waals surface area contributed by atoms with Gasteiger partial charge in [0, 0.05) is 6.42 Å². The monoisotopic (exact) mass is 363 g/mol. The highest BCUT2D eigenvalue weighted by Crippen LogP contribution is 2.08. The van der Waals surface area contributed by atoms with Crippen LogP contribution in [0.25, 0.3) is 0 Å². The van der Waals surface area contributed by atoms with Crippen molar-refractivity contribution in [2.24, 2.45) is 0 Å². The SMILES string of the molecule is COC(=O)[C@@H]1C[C@H](O)C[NH+]1Cn1nc(C)n(Cc2ccccc2)c1=S. The number of aryl methyl sites for hydroxylation is 1. The molecule has 1 aromatic carbocycles. The highest BCUT2D eigenvalue weighted by molar-refractivity contribution is 7.71. The molecule has 1 aromatic heterocycles. The Labute approximate surface area is 151 Å². The molecule has 2 heterocycles. The van der Waals surface area contributed by atoms with Gasteiger partial charge in [0.05, 0.1) is 13.7 Å². The zero-order valence-corrected chi connectivity index (χ0v) is 15.2. The first-order chi connectivity index (χ1) is 12.0. The zero-order chi connectivity index (χ0) is 18.0. The van der Waals surface area contributed by atoms with E-state index < -0.39 is 6.10 Å². The minimum absolute atomic E-state index is 0.307. The highest BCUT2D eigenvalue weighted by atomic mass is 32.1. The average Bonchev–Trinajstić information content (AvgIpc) is 3.10. The van der Waals surface area contributed by atoms with E-state index in [4.69, 9.17) is 17.0 Å². The Morgan fingerprint density at radius 3 is 2.84 bits per heavy atom. The molecule has 25 heavy (non-hydrogen) atoms. The molecular formula is C17H23N4O3S+. The van der Waals surface area contributed by atoms with Crippen LogP contribution in [0, 0.1) is 11.7 Å². The first-order valence-corrected chi connectivity index (χ1v) is 8.69. The van der Waals surface area contributed by atoms with Crippen LogP contribution in [0.5, 0.6) is 0 Å². The molecule has 2 aromatic rings. The number of carbonyl (C=O) groups excluding carboxylic acids is 1. The summed E-state index contributed by atoms with van der Waals surface area (Å²) in [4.78, 5) is 12.9. The predicted octanol–water partition coefficient (Wildman–Crippen LogP) is -0.0806. The number of ether oxygens (including phenoxy) is 1. The molecule has 7 nitrogen and oxygen atoms in total. The van der Waals surface area contributed by atoms with E-state index in [0.29, 0.717) is 31.0 Å². The fourth-order valence-electron chi connectivity index (χ4n) is 3.34. The van der Waals surface area contributed by atoms with E-state index in [1.807, 2.05) is 41.8 Å². The minimum Gasteiger partial charge on any atom is -0.465 e. The van der Waals surface area contributed by atoms with Crippen molar-refractivity contribution in [3.05, 3.63) is 46.5 Å². The van der Waals surface area contributed by atoms with Gasteiger partial charge in [-0.05, 0) is 24.7 Å². The van der Waals surface area contributed by atoms with Gasteiger partial charge in [0.15, 0.2) is 12.7 Å². The number of benzene rings is 1. The van der Waals surface area contributed by atoms with E-state index in [1.54, 1.807) is 4.68 Å². The molecule has 3 rings (SSSR count). The number of carbonyl (C=O) groups is 1. The van der Waals surface area contributed by atoms with Crippen molar-refractivity contribution >= 4 is 18.2 Å². The molecule has 1 saturated heterocycles. The molecule has 0 bridgehead atoms. The number of esters is 1. The second kappa shape index (κ2) is 7.47. The Kier molecular flexibility index (Phi) is 5.31. The lowest BCUT2D eigenvalue weighted by atomic mass is 10.2. The standard InChI is InChI=1S/C17H22N4O3S/c1-12-18-21(11-19-10-14(22)8-15(19)16(23)24-2)17(25)20(12)9-13-6-4-3-5-7-13/h3-7,14-15,22H,8-11H2,1-2H3/p+1/t14-,15-/m0/s1. The zero-order valence-electron chi connectivity index (χ0n) is 14.4. The Bertz CT molecular complexity index is 802. The molecule has 134 valence electrons. The number of quaternary nitrogens is 1. The summed E-state index contributed by atoms with van der Waals surface area (Å²) in [5.41, 5.74) is 1.15. The normalized spacial score (nSPS) is 22.9. The van der Waals surface area contributed by atoms with Crippen LogP contribution < -0.4 is 4.90 Å². The summed E-state index contributed by atoms with van der Waals surface area (Å²) < 4.78 is 9.18. The summed E-state index contributed by atoms with van der Waals surface area (Å²) in [6, 6.07) is 9.68. The minimum atomic E-state index is -0.513. The summed E-state index contributed by atoms with van der Waals surface area (Å²) in [5.74, 6) is 0.515. The molecule has 0 amide bonds. The number of methoxy groups -OCH3 is 1. The predicted molar refractivity (Wildman–Crippen MR) is 93.6 cm³/mol. The van der Waals surface area contributed by atoms with E-state index >= 15 is 0 Å². The maximum absolute atomic E-state index is 11.9. The summed E-state index contributed by atoms with van der Waals surface area (Å²) in [7, 11) is 1.37. The molecule has 3 atom stereocenters. The number of aromatic nitrogens is 3. The molecule has 1 unspecified atom stereocenters. The molecule has 0 spiro atoms. The van der Waals surface area contributed by atoms with Crippen molar-refractivity contribution in [3.63, 3.8) is 0 Å². The molecule has 0 radical (unpaired) electrons. The van der Waals surface area contributed by atoms with Crippen LogP contribution in [0.1, 0.15) is 17.8 Å². The fraction of sp³-hybridized carbons (Fsp3) is 0.471. The molecule has 1 aliphatic rings. The molecule has 0 aliphatic carbocycles. The number of likely N-dealkylation sites (tertiary alicyclic amines) is 1. The number of aliphatic hydroxyl groups excluding tert-OH is 1. The second-order valence-electron chi connectivity index (χ2n) is 6.39. The number of hydrogen-bond acceptors (Lipinski definition) is 5. The van der Waals surface area contributed by atoms with Crippen molar-refractivity contribution in [1.29, 1.82) is 0 Å². The summed E-state index contributed by atoms with van der Waals surface area (Å²) in [5, 5.41) is 14.5. The van der Waals surface area contributed by atoms with Crippen molar-refractivity contribution in [1.82, 2.24) is 14.3 Å². The van der Waals surface area contributed by atoms with E-state index in [-0.39, 0.29) is 12.0 Å². The lowest BCUT2D eigenvalue weighted by Crippen LogP contribution is -3.14.